The molecular weight excluding hydrogens is 602 g/mol. The van der Waals surface area contributed by atoms with Crippen LogP contribution in [0.3, 0.4) is 0 Å². The van der Waals surface area contributed by atoms with Crippen LogP contribution in [-0.2, 0) is 20.9 Å². The average molecular weight is 650 g/mol. The van der Waals surface area contributed by atoms with Crippen LogP contribution >= 0.6 is 11.3 Å². The minimum atomic E-state index is -0.529. The Kier molecular flexibility index (Phi) is 10.4. The van der Waals surface area contributed by atoms with Gasteiger partial charge in [0.1, 0.15) is 17.8 Å². The number of benzene rings is 1. The van der Waals surface area contributed by atoms with E-state index in [9.17, 15) is 19.2 Å². The van der Waals surface area contributed by atoms with Crippen molar-refractivity contribution in [1.29, 1.82) is 0 Å². The number of fused-ring (bicyclic) bond motifs is 1. The topological polar surface area (TPSA) is 113 Å². The van der Waals surface area contributed by atoms with E-state index in [-0.39, 0.29) is 48.4 Å². The molecule has 0 spiro atoms. The van der Waals surface area contributed by atoms with Gasteiger partial charge < -0.3 is 29.7 Å². The molecule has 2 fully saturated rings. The Balaban J connectivity index is 1.13. The van der Waals surface area contributed by atoms with Gasteiger partial charge in [0.25, 0.3) is 5.91 Å². The highest BCUT2D eigenvalue weighted by Gasteiger charge is 2.32. The van der Waals surface area contributed by atoms with Gasteiger partial charge in [-0.3, -0.25) is 14.4 Å². The number of rotatable bonds is 8. The number of aromatic nitrogens is 1. The van der Waals surface area contributed by atoms with E-state index in [4.69, 9.17) is 4.74 Å². The molecule has 0 atom stereocenters. The number of nitrogens with zero attached hydrogens (tertiary/aromatic N) is 3. The Morgan fingerprint density at radius 2 is 1.65 bits per heavy atom. The molecule has 1 aromatic carbocycles. The molecule has 2 N–H and O–H groups in total. The molecule has 1 saturated heterocycles. The first-order valence-corrected chi connectivity index (χ1v) is 17.3. The van der Waals surface area contributed by atoms with Gasteiger partial charge in [-0.25, -0.2) is 4.79 Å². The van der Waals surface area contributed by atoms with E-state index in [1.807, 2.05) is 81.0 Å². The number of likely N-dealkylation sites (tertiary alicyclic amines) is 1. The van der Waals surface area contributed by atoms with Crippen molar-refractivity contribution >= 4 is 51.1 Å². The number of carbonyl (C=O) groups excluding carboxylic acids is 4. The Bertz CT molecular complexity index is 1560. The predicted octanol–water partition coefficient (Wildman–Crippen LogP) is 5.87. The molecule has 0 radical (unpaired) electrons. The summed E-state index contributed by atoms with van der Waals surface area (Å²) in [5.74, 6) is -0.306. The van der Waals surface area contributed by atoms with E-state index in [1.165, 1.54) is 0 Å². The third-order valence-electron chi connectivity index (χ3n) is 8.91. The Morgan fingerprint density at radius 3 is 2.30 bits per heavy atom. The minimum absolute atomic E-state index is 0.0369. The Labute approximate surface area is 275 Å². The number of thiophene rings is 1. The summed E-state index contributed by atoms with van der Waals surface area (Å²) in [6.45, 7) is 11.2. The monoisotopic (exact) mass is 649 g/mol. The molecule has 1 aliphatic heterocycles. The first-order valence-electron chi connectivity index (χ1n) is 16.4. The molecule has 1 saturated carbocycles. The second-order valence-corrected chi connectivity index (χ2v) is 14.5. The molecule has 10 nitrogen and oxygen atoms in total. The normalized spacial score (nSPS) is 19.1. The van der Waals surface area contributed by atoms with E-state index in [2.05, 4.69) is 10.6 Å². The van der Waals surface area contributed by atoms with Crippen molar-refractivity contribution in [3.05, 3.63) is 53.0 Å². The summed E-state index contributed by atoms with van der Waals surface area (Å²) in [6.07, 6.45) is 3.93. The molecule has 2 aromatic heterocycles. The van der Waals surface area contributed by atoms with Crippen molar-refractivity contribution in [2.45, 2.75) is 97.4 Å². The third-order valence-corrected chi connectivity index (χ3v) is 9.76. The second-order valence-electron chi connectivity index (χ2n) is 13.5. The van der Waals surface area contributed by atoms with Gasteiger partial charge in [-0.2, -0.15) is 0 Å². The van der Waals surface area contributed by atoms with E-state index < -0.39 is 5.60 Å². The smallest absolute Gasteiger partial charge is 0.410 e. The molecule has 11 heteroatoms. The second kappa shape index (κ2) is 14.3. The molecule has 0 bridgehead atoms. The van der Waals surface area contributed by atoms with Gasteiger partial charge in [-0.1, -0.05) is 12.1 Å². The molecule has 5 rings (SSSR count). The van der Waals surface area contributed by atoms with Crippen LogP contribution in [-0.4, -0.2) is 70.6 Å². The molecule has 3 aromatic rings. The zero-order valence-corrected chi connectivity index (χ0v) is 28.5. The zero-order chi connectivity index (χ0) is 33.0. The fraction of sp³-hybridized carbons (Fsp3) is 0.543. The van der Waals surface area contributed by atoms with Crippen LogP contribution in [0.25, 0.3) is 10.2 Å². The van der Waals surface area contributed by atoms with E-state index in [1.54, 1.807) is 21.1 Å². The number of carbonyl (C=O) groups is 4. The summed E-state index contributed by atoms with van der Waals surface area (Å²) in [7, 11) is 0. The van der Waals surface area contributed by atoms with E-state index >= 15 is 0 Å². The summed E-state index contributed by atoms with van der Waals surface area (Å²) in [5.41, 5.74) is 2.75. The zero-order valence-electron chi connectivity index (χ0n) is 27.6. The van der Waals surface area contributed by atoms with Gasteiger partial charge in [-0.15, -0.1) is 11.3 Å². The first-order chi connectivity index (χ1) is 21.9. The fourth-order valence-corrected chi connectivity index (χ4v) is 7.29. The molecule has 2 aliphatic rings. The van der Waals surface area contributed by atoms with Crippen LogP contribution in [0.4, 0.5) is 10.5 Å². The number of ether oxygens (including phenoxy) is 1. The number of aryl methyl sites for hydroxylation is 1. The molecular formula is C35H47N5O5S. The molecule has 46 heavy (non-hydrogen) atoms. The maximum atomic E-state index is 13.6. The van der Waals surface area contributed by atoms with Crippen LogP contribution in [0.5, 0.6) is 0 Å². The number of hydrogen-bond acceptors (Lipinski definition) is 6. The number of anilines is 1. The van der Waals surface area contributed by atoms with Gasteiger partial charge in [0.2, 0.25) is 11.8 Å². The van der Waals surface area contributed by atoms with E-state index in [0.29, 0.717) is 63.9 Å². The highest BCUT2D eigenvalue weighted by atomic mass is 32.1. The molecule has 248 valence electrons. The van der Waals surface area contributed by atoms with Gasteiger partial charge in [0.05, 0.1) is 10.2 Å². The minimum Gasteiger partial charge on any atom is -0.444 e. The van der Waals surface area contributed by atoms with Crippen LogP contribution in [0.2, 0.25) is 0 Å². The average Bonchev–Trinajstić information content (AvgIpc) is 3.60. The summed E-state index contributed by atoms with van der Waals surface area (Å²) in [6, 6.07) is 11.7. The molecule has 1 aliphatic carbocycles. The Hall–Kier alpha value is -3.86. The van der Waals surface area contributed by atoms with Gasteiger partial charge in [-0.05, 0) is 108 Å². The van der Waals surface area contributed by atoms with Gasteiger partial charge in [0.15, 0.2) is 0 Å². The molecule has 3 heterocycles. The summed E-state index contributed by atoms with van der Waals surface area (Å²) in [5, 5.41) is 8.37. The first kappa shape index (κ1) is 33.5. The highest BCUT2D eigenvalue weighted by molar-refractivity contribution is 7.17. The van der Waals surface area contributed by atoms with Crippen LogP contribution < -0.4 is 15.5 Å². The summed E-state index contributed by atoms with van der Waals surface area (Å²) < 4.78 is 8.27. The maximum absolute atomic E-state index is 13.6. The van der Waals surface area contributed by atoms with Crippen molar-refractivity contribution in [3.8, 4) is 0 Å². The highest BCUT2D eigenvalue weighted by Crippen LogP contribution is 2.29. The number of hydrogen-bond donors (Lipinski definition) is 2. The van der Waals surface area contributed by atoms with Crippen molar-refractivity contribution in [1.82, 2.24) is 20.1 Å². The lowest BCUT2D eigenvalue weighted by Crippen LogP contribution is -2.49. The van der Waals surface area contributed by atoms with E-state index in [0.717, 1.165) is 21.5 Å². The predicted molar refractivity (Wildman–Crippen MR) is 181 cm³/mol. The van der Waals surface area contributed by atoms with Crippen molar-refractivity contribution < 1.29 is 23.9 Å². The molecule has 4 amide bonds. The van der Waals surface area contributed by atoms with Crippen LogP contribution in [0.15, 0.2) is 41.8 Å². The van der Waals surface area contributed by atoms with Gasteiger partial charge in [0, 0.05) is 43.3 Å². The third kappa shape index (κ3) is 8.10. The van der Waals surface area contributed by atoms with Crippen LogP contribution in [0, 0.1) is 12.8 Å². The number of piperidine rings is 1. The standard InChI is InChI=1S/C35H47N5O5S/c1-6-39(27-9-7-8-23(2)20-27)31(41)22-40-28-16-19-46-30(28)21-29(40)33(43)37-25-12-10-24(11-13-25)32(42)36-26-14-17-38(18-15-26)34(44)45-35(3,4)5/h7-9,16,19-21,24-26H,6,10-15,17-18,22H2,1-5H3,(H,36,42)(H,37,43). The lowest BCUT2D eigenvalue weighted by atomic mass is 9.85. The van der Waals surface area contributed by atoms with Crippen LogP contribution in [0.1, 0.15) is 82.3 Å². The summed E-state index contributed by atoms with van der Waals surface area (Å²) >= 11 is 1.55. The number of likely N-dealkylation sites (N-methyl/N-ethyl adjacent to an activating group) is 1. The van der Waals surface area contributed by atoms with Gasteiger partial charge >= 0.3 is 6.09 Å². The SMILES string of the molecule is CCN(C(=O)Cn1c(C(=O)NC2CCC(C(=O)NC3CCN(C(=O)OC(C)(C)C)CC3)CC2)cc2sccc21)c1cccc(C)c1. The quantitative estimate of drug-likeness (QED) is 0.317. The number of nitrogens with one attached hydrogen (secondary N) is 2. The largest absolute Gasteiger partial charge is 0.444 e. The van der Waals surface area contributed by atoms with Crippen molar-refractivity contribution in [3.63, 3.8) is 0 Å². The lowest BCUT2D eigenvalue weighted by Gasteiger charge is -2.35. The fourth-order valence-electron chi connectivity index (χ4n) is 6.47. The summed E-state index contributed by atoms with van der Waals surface area (Å²) in [4.78, 5) is 56.1. The maximum Gasteiger partial charge on any atom is 0.410 e. The van der Waals surface area contributed by atoms with Crippen molar-refractivity contribution in [2.24, 2.45) is 5.92 Å². The number of amides is 4. The molecule has 0 unspecified atom stereocenters. The Morgan fingerprint density at radius 1 is 0.957 bits per heavy atom. The van der Waals surface area contributed by atoms with Crippen molar-refractivity contribution in [2.75, 3.05) is 24.5 Å². The lowest BCUT2D eigenvalue weighted by molar-refractivity contribution is -0.127.